The van der Waals surface area contributed by atoms with E-state index < -0.39 is 0 Å². The minimum absolute atomic E-state index is 0.654. The SMILES string of the molecule is CCc1nccn1CC1CN(c2ncccc2OC)C1. The molecule has 1 aliphatic rings. The van der Waals surface area contributed by atoms with Crippen LogP contribution in [0.15, 0.2) is 30.7 Å². The van der Waals surface area contributed by atoms with Crippen LogP contribution in [-0.2, 0) is 13.0 Å². The molecule has 0 atom stereocenters. The molecule has 3 heterocycles. The molecule has 0 spiro atoms. The summed E-state index contributed by atoms with van der Waals surface area (Å²) < 4.78 is 7.62. The van der Waals surface area contributed by atoms with Crippen molar-refractivity contribution in [3.8, 4) is 5.75 Å². The van der Waals surface area contributed by atoms with Gasteiger partial charge in [0.25, 0.3) is 0 Å². The van der Waals surface area contributed by atoms with E-state index in [1.54, 1.807) is 7.11 Å². The molecule has 0 saturated carbocycles. The molecule has 20 heavy (non-hydrogen) atoms. The van der Waals surface area contributed by atoms with E-state index in [-0.39, 0.29) is 0 Å². The maximum absolute atomic E-state index is 5.36. The van der Waals surface area contributed by atoms with E-state index >= 15 is 0 Å². The first-order chi connectivity index (χ1) is 9.81. The van der Waals surface area contributed by atoms with E-state index in [4.69, 9.17) is 4.74 Å². The number of ether oxygens (including phenoxy) is 1. The van der Waals surface area contributed by atoms with E-state index in [2.05, 4.69) is 32.6 Å². The van der Waals surface area contributed by atoms with Crippen LogP contribution in [0.4, 0.5) is 5.82 Å². The van der Waals surface area contributed by atoms with Crippen LogP contribution in [0.1, 0.15) is 12.7 Å². The number of imidazole rings is 1. The van der Waals surface area contributed by atoms with Gasteiger partial charge in [-0.2, -0.15) is 0 Å². The number of hydrogen-bond acceptors (Lipinski definition) is 4. The number of anilines is 1. The van der Waals surface area contributed by atoms with Crippen molar-refractivity contribution in [2.24, 2.45) is 5.92 Å². The van der Waals surface area contributed by atoms with Gasteiger partial charge in [-0.1, -0.05) is 6.92 Å². The molecule has 1 saturated heterocycles. The average Bonchev–Trinajstić information content (AvgIpc) is 2.89. The minimum atomic E-state index is 0.654. The zero-order chi connectivity index (χ0) is 13.9. The Morgan fingerprint density at radius 1 is 1.30 bits per heavy atom. The van der Waals surface area contributed by atoms with Crippen LogP contribution in [0.25, 0.3) is 0 Å². The molecule has 3 rings (SSSR count). The van der Waals surface area contributed by atoms with Crippen molar-refractivity contribution in [2.75, 3.05) is 25.1 Å². The third-order valence-electron chi connectivity index (χ3n) is 3.80. The molecule has 0 radical (unpaired) electrons. The van der Waals surface area contributed by atoms with Gasteiger partial charge in [-0.3, -0.25) is 0 Å². The zero-order valence-corrected chi connectivity index (χ0v) is 12.0. The summed E-state index contributed by atoms with van der Waals surface area (Å²) in [6, 6.07) is 3.86. The van der Waals surface area contributed by atoms with Crippen LogP contribution < -0.4 is 9.64 Å². The summed E-state index contributed by atoms with van der Waals surface area (Å²) in [6.07, 6.45) is 6.76. The second kappa shape index (κ2) is 5.53. The van der Waals surface area contributed by atoms with Gasteiger partial charge >= 0.3 is 0 Å². The maximum Gasteiger partial charge on any atom is 0.171 e. The van der Waals surface area contributed by atoms with Gasteiger partial charge in [-0.25, -0.2) is 9.97 Å². The summed E-state index contributed by atoms with van der Waals surface area (Å²) in [5, 5.41) is 0. The lowest BCUT2D eigenvalue weighted by atomic mass is 10.00. The Balaban J connectivity index is 1.61. The predicted octanol–water partition coefficient (Wildman–Crippen LogP) is 1.99. The predicted molar refractivity (Wildman–Crippen MR) is 78.1 cm³/mol. The molecule has 5 heteroatoms. The van der Waals surface area contributed by atoms with Gasteiger partial charge < -0.3 is 14.2 Å². The maximum atomic E-state index is 5.36. The Morgan fingerprint density at radius 2 is 2.15 bits per heavy atom. The average molecular weight is 272 g/mol. The van der Waals surface area contributed by atoms with Crippen LogP contribution in [0.3, 0.4) is 0 Å². The Labute approximate surface area is 119 Å². The second-order valence-electron chi connectivity index (χ2n) is 5.15. The number of aryl methyl sites for hydroxylation is 1. The molecule has 0 bridgehead atoms. The Hall–Kier alpha value is -2.04. The van der Waals surface area contributed by atoms with Crippen molar-refractivity contribution in [3.63, 3.8) is 0 Å². The van der Waals surface area contributed by atoms with Crippen molar-refractivity contribution in [1.29, 1.82) is 0 Å². The quantitative estimate of drug-likeness (QED) is 0.835. The fraction of sp³-hybridized carbons (Fsp3) is 0.467. The first-order valence-corrected chi connectivity index (χ1v) is 7.05. The van der Waals surface area contributed by atoms with E-state index in [0.29, 0.717) is 5.92 Å². The highest BCUT2D eigenvalue weighted by Gasteiger charge is 2.30. The molecular formula is C15H20N4O. The highest BCUT2D eigenvalue weighted by molar-refractivity contribution is 5.53. The molecule has 1 aliphatic heterocycles. The summed E-state index contributed by atoms with van der Waals surface area (Å²) in [5.41, 5.74) is 0. The Morgan fingerprint density at radius 3 is 2.90 bits per heavy atom. The second-order valence-corrected chi connectivity index (χ2v) is 5.15. The topological polar surface area (TPSA) is 43.2 Å². The fourth-order valence-electron chi connectivity index (χ4n) is 2.74. The lowest BCUT2D eigenvalue weighted by Gasteiger charge is -2.40. The molecule has 2 aromatic rings. The van der Waals surface area contributed by atoms with Crippen LogP contribution in [-0.4, -0.2) is 34.7 Å². The van der Waals surface area contributed by atoms with Crippen molar-refractivity contribution < 1.29 is 4.74 Å². The molecule has 0 amide bonds. The third kappa shape index (κ3) is 2.35. The third-order valence-corrected chi connectivity index (χ3v) is 3.80. The first-order valence-electron chi connectivity index (χ1n) is 7.05. The van der Waals surface area contributed by atoms with Gasteiger partial charge in [-0.05, 0) is 12.1 Å². The lowest BCUT2D eigenvalue weighted by molar-refractivity contribution is 0.343. The molecule has 0 aromatic carbocycles. The van der Waals surface area contributed by atoms with Gasteiger partial charge in [0.05, 0.1) is 7.11 Å². The molecule has 1 fully saturated rings. The van der Waals surface area contributed by atoms with Gasteiger partial charge in [0.15, 0.2) is 11.6 Å². The number of rotatable bonds is 5. The highest BCUT2D eigenvalue weighted by Crippen LogP contribution is 2.31. The molecule has 5 nitrogen and oxygen atoms in total. The molecular weight excluding hydrogens is 252 g/mol. The van der Waals surface area contributed by atoms with E-state index in [1.807, 2.05) is 24.5 Å². The van der Waals surface area contributed by atoms with Crippen LogP contribution in [0.2, 0.25) is 0 Å². The summed E-state index contributed by atoms with van der Waals surface area (Å²) >= 11 is 0. The first kappa shape index (κ1) is 13.0. The number of nitrogens with zero attached hydrogens (tertiary/aromatic N) is 4. The number of pyridine rings is 1. The summed E-state index contributed by atoms with van der Waals surface area (Å²) in [4.78, 5) is 11.1. The van der Waals surface area contributed by atoms with Crippen molar-refractivity contribution in [3.05, 3.63) is 36.5 Å². The molecule has 106 valence electrons. The summed E-state index contributed by atoms with van der Waals surface area (Å²) in [6.45, 7) is 5.23. The Kier molecular flexibility index (Phi) is 3.58. The number of aromatic nitrogens is 3. The minimum Gasteiger partial charge on any atom is -0.493 e. The monoisotopic (exact) mass is 272 g/mol. The molecule has 0 unspecified atom stereocenters. The zero-order valence-electron chi connectivity index (χ0n) is 12.0. The normalized spacial score (nSPS) is 15.2. The van der Waals surface area contributed by atoms with Crippen molar-refractivity contribution in [2.45, 2.75) is 19.9 Å². The van der Waals surface area contributed by atoms with Crippen molar-refractivity contribution in [1.82, 2.24) is 14.5 Å². The standard InChI is InChI=1S/C15H20N4O/c1-3-14-16-7-8-18(14)9-12-10-19(11-12)15-13(20-2)5-4-6-17-15/h4-8,12H,3,9-11H2,1-2H3. The smallest absolute Gasteiger partial charge is 0.171 e. The van der Waals surface area contributed by atoms with Gasteiger partial charge in [-0.15, -0.1) is 0 Å². The molecule has 0 aliphatic carbocycles. The lowest BCUT2D eigenvalue weighted by Crippen LogP contribution is -2.49. The van der Waals surface area contributed by atoms with Crippen molar-refractivity contribution >= 4 is 5.82 Å². The largest absolute Gasteiger partial charge is 0.493 e. The summed E-state index contributed by atoms with van der Waals surface area (Å²) in [5.74, 6) is 3.62. The Bertz CT molecular complexity index is 575. The number of hydrogen-bond donors (Lipinski definition) is 0. The van der Waals surface area contributed by atoms with Gasteiger partial charge in [0, 0.05) is 50.6 Å². The highest BCUT2D eigenvalue weighted by atomic mass is 16.5. The van der Waals surface area contributed by atoms with Crippen LogP contribution in [0, 0.1) is 5.92 Å². The molecule has 0 N–H and O–H groups in total. The number of methoxy groups -OCH3 is 1. The van der Waals surface area contributed by atoms with E-state index in [1.165, 1.54) is 5.82 Å². The fourth-order valence-corrected chi connectivity index (χ4v) is 2.74. The van der Waals surface area contributed by atoms with Gasteiger partial charge in [0.2, 0.25) is 0 Å². The summed E-state index contributed by atoms with van der Waals surface area (Å²) in [7, 11) is 1.69. The van der Waals surface area contributed by atoms with E-state index in [0.717, 1.165) is 37.6 Å². The van der Waals surface area contributed by atoms with E-state index in [9.17, 15) is 0 Å². The van der Waals surface area contributed by atoms with Crippen LogP contribution in [0.5, 0.6) is 5.75 Å². The van der Waals surface area contributed by atoms with Crippen LogP contribution >= 0.6 is 0 Å². The molecule has 2 aromatic heterocycles. The van der Waals surface area contributed by atoms with Gasteiger partial charge in [0.1, 0.15) is 5.82 Å².